The van der Waals surface area contributed by atoms with Crippen LogP contribution in [0.4, 0.5) is 0 Å². The fourth-order valence-corrected chi connectivity index (χ4v) is 0. The Bertz CT molecular complexity index is 46.1. The predicted octanol–water partition coefficient (Wildman–Crippen LogP) is -3.24. The molecule has 0 atom stereocenters. The standard InChI is InChI=1S/C3H7NO.ClH/c1-3(5)4-2;/h1-2H3,(H,4,5);1H/p-1. The highest BCUT2D eigenvalue weighted by molar-refractivity contribution is 5.72. The fraction of sp³-hybridized carbons (Fsp3) is 0.667. The minimum Gasteiger partial charge on any atom is -1.00 e. The molecule has 0 saturated carbocycles. The van der Waals surface area contributed by atoms with E-state index < -0.39 is 0 Å². The van der Waals surface area contributed by atoms with Crippen molar-refractivity contribution in [2.75, 3.05) is 7.05 Å². The molecule has 0 saturated heterocycles. The Hall–Kier alpha value is -0.240. The van der Waals surface area contributed by atoms with Gasteiger partial charge in [-0.05, 0) is 0 Å². The lowest BCUT2D eigenvalue weighted by atomic mass is 10.7. The molecule has 0 aliphatic carbocycles. The van der Waals surface area contributed by atoms with Gasteiger partial charge in [0.25, 0.3) is 0 Å². The Morgan fingerprint density at radius 2 is 1.83 bits per heavy atom. The summed E-state index contributed by atoms with van der Waals surface area (Å²) in [7, 11) is 1.60. The van der Waals surface area contributed by atoms with Crippen molar-refractivity contribution in [3.63, 3.8) is 0 Å². The molecule has 0 heterocycles. The molecule has 1 N–H and O–H groups in total. The van der Waals surface area contributed by atoms with Crippen LogP contribution in [0.3, 0.4) is 0 Å². The molecule has 0 fully saturated rings. The maximum atomic E-state index is 9.70. The zero-order valence-electron chi connectivity index (χ0n) is 3.79. The summed E-state index contributed by atoms with van der Waals surface area (Å²) in [6.07, 6.45) is 0. The van der Waals surface area contributed by atoms with Crippen molar-refractivity contribution in [3.8, 4) is 0 Å². The summed E-state index contributed by atoms with van der Waals surface area (Å²) in [5, 5.41) is 2.39. The number of halogens is 1. The molecule has 38 valence electrons. The molecule has 0 aromatic heterocycles. The minimum atomic E-state index is 0. The lowest BCUT2D eigenvalue weighted by molar-refractivity contribution is -0.118. The number of carbonyl (C=O) groups is 1. The summed E-state index contributed by atoms with van der Waals surface area (Å²) in [5.41, 5.74) is 0. The summed E-state index contributed by atoms with van der Waals surface area (Å²) < 4.78 is 0. The second kappa shape index (κ2) is 4.76. The Balaban J connectivity index is 0. The van der Waals surface area contributed by atoms with Crippen LogP contribution in [0.25, 0.3) is 0 Å². The van der Waals surface area contributed by atoms with Gasteiger partial charge >= 0.3 is 0 Å². The zero-order chi connectivity index (χ0) is 4.28. The molecular formula is C3H7ClNO-. The maximum absolute atomic E-state index is 9.70. The smallest absolute Gasteiger partial charge is 0.216 e. The third-order valence-electron chi connectivity index (χ3n) is 0.352. The van der Waals surface area contributed by atoms with Gasteiger partial charge in [0.1, 0.15) is 0 Å². The van der Waals surface area contributed by atoms with Gasteiger partial charge in [0.05, 0.1) is 0 Å². The van der Waals surface area contributed by atoms with Crippen LogP contribution in [0.1, 0.15) is 6.92 Å². The summed E-state index contributed by atoms with van der Waals surface area (Å²) in [6.45, 7) is 1.47. The number of hydrogen-bond donors (Lipinski definition) is 1. The van der Waals surface area contributed by atoms with Crippen LogP contribution in [-0.4, -0.2) is 13.0 Å². The van der Waals surface area contributed by atoms with Crippen LogP contribution < -0.4 is 17.7 Å². The van der Waals surface area contributed by atoms with Crippen molar-refractivity contribution in [2.24, 2.45) is 0 Å². The molecule has 0 spiro atoms. The highest BCUT2D eigenvalue weighted by atomic mass is 35.5. The molecule has 6 heavy (non-hydrogen) atoms. The number of carbonyl (C=O) groups excluding carboxylic acids is 1. The van der Waals surface area contributed by atoms with Gasteiger partial charge in [-0.1, -0.05) is 0 Å². The van der Waals surface area contributed by atoms with Crippen molar-refractivity contribution in [3.05, 3.63) is 0 Å². The molecule has 0 aromatic rings. The van der Waals surface area contributed by atoms with E-state index in [9.17, 15) is 4.79 Å². The van der Waals surface area contributed by atoms with Gasteiger partial charge in [-0.25, -0.2) is 0 Å². The van der Waals surface area contributed by atoms with Crippen molar-refractivity contribution in [1.82, 2.24) is 5.32 Å². The number of hydrogen-bond acceptors (Lipinski definition) is 1. The third kappa shape index (κ3) is 9.25. The van der Waals surface area contributed by atoms with E-state index >= 15 is 0 Å². The normalized spacial score (nSPS) is 5.67. The zero-order valence-corrected chi connectivity index (χ0v) is 4.54. The predicted molar refractivity (Wildman–Crippen MR) is 19.7 cm³/mol. The first kappa shape index (κ1) is 9.23. The third-order valence-corrected chi connectivity index (χ3v) is 0.352. The summed E-state index contributed by atoms with van der Waals surface area (Å²) >= 11 is 0. The van der Waals surface area contributed by atoms with E-state index in [0.29, 0.717) is 0 Å². The van der Waals surface area contributed by atoms with Crippen LogP contribution in [0.2, 0.25) is 0 Å². The minimum absolute atomic E-state index is 0. The molecular weight excluding hydrogens is 101 g/mol. The molecule has 0 aromatic carbocycles. The lowest BCUT2D eigenvalue weighted by Crippen LogP contribution is -3.00. The number of rotatable bonds is 0. The van der Waals surface area contributed by atoms with Crippen LogP contribution in [0.15, 0.2) is 0 Å². The molecule has 0 bridgehead atoms. The first-order valence-electron chi connectivity index (χ1n) is 1.45. The monoisotopic (exact) mass is 108 g/mol. The van der Waals surface area contributed by atoms with Gasteiger partial charge in [-0.15, -0.1) is 0 Å². The first-order valence-corrected chi connectivity index (χ1v) is 1.45. The SMILES string of the molecule is CNC(C)=O.[Cl-]. The maximum Gasteiger partial charge on any atom is 0.216 e. The van der Waals surface area contributed by atoms with E-state index in [2.05, 4.69) is 5.32 Å². The van der Waals surface area contributed by atoms with Crippen LogP contribution in [-0.2, 0) is 4.79 Å². The molecule has 0 aliphatic heterocycles. The van der Waals surface area contributed by atoms with Gasteiger partial charge in [0.2, 0.25) is 5.91 Å². The summed E-state index contributed by atoms with van der Waals surface area (Å²) in [5.74, 6) is 0.00463. The second-order valence-electron chi connectivity index (χ2n) is 0.806. The van der Waals surface area contributed by atoms with Gasteiger partial charge in [-0.2, -0.15) is 0 Å². The van der Waals surface area contributed by atoms with Crippen LogP contribution in [0, 0.1) is 0 Å². The van der Waals surface area contributed by atoms with E-state index in [4.69, 9.17) is 0 Å². The van der Waals surface area contributed by atoms with Gasteiger partial charge < -0.3 is 17.7 Å². The molecule has 0 unspecified atom stereocenters. The van der Waals surface area contributed by atoms with Crippen LogP contribution >= 0.6 is 0 Å². The highest BCUT2D eigenvalue weighted by Gasteiger charge is 1.72. The van der Waals surface area contributed by atoms with E-state index in [1.165, 1.54) is 6.92 Å². The average molecular weight is 109 g/mol. The van der Waals surface area contributed by atoms with E-state index in [0.717, 1.165) is 0 Å². The van der Waals surface area contributed by atoms with Gasteiger partial charge in [0.15, 0.2) is 0 Å². The van der Waals surface area contributed by atoms with Crippen LogP contribution in [0.5, 0.6) is 0 Å². The average Bonchev–Trinajstić information content (AvgIpc) is 1.38. The fourth-order valence-electron chi connectivity index (χ4n) is 0. The molecule has 3 heteroatoms. The quantitative estimate of drug-likeness (QED) is 0.347. The Kier molecular flexibility index (Phi) is 7.32. The molecule has 2 nitrogen and oxygen atoms in total. The largest absolute Gasteiger partial charge is 1.00 e. The first-order chi connectivity index (χ1) is 2.27. The van der Waals surface area contributed by atoms with Crippen molar-refractivity contribution >= 4 is 5.91 Å². The molecule has 0 radical (unpaired) electrons. The van der Waals surface area contributed by atoms with Gasteiger partial charge in [0, 0.05) is 14.0 Å². The van der Waals surface area contributed by atoms with Crippen molar-refractivity contribution < 1.29 is 17.2 Å². The van der Waals surface area contributed by atoms with E-state index in [-0.39, 0.29) is 18.3 Å². The highest BCUT2D eigenvalue weighted by Crippen LogP contribution is 1.45. The van der Waals surface area contributed by atoms with E-state index in [1.807, 2.05) is 0 Å². The van der Waals surface area contributed by atoms with Crippen molar-refractivity contribution in [1.29, 1.82) is 0 Å². The Morgan fingerprint density at radius 1 is 1.67 bits per heavy atom. The second-order valence-corrected chi connectivity index (χ2v) is 0.806. The Morgan fingerprint density at radius 3 is 1.83 bits per heavy atom. The van der Waals surface area contributed by atoms with Crippen molar-refractivity contribution in [2.45, 2.75) is 6.92 Å². The topological polar surface area (TPSA) is 29.1 Å². The van der Waals surface area contributed by atoms with Gasteiger partial charge in [-0.3, -0.25) is 4.79 Å². The number of nitrogens with one attached hydrogen (secondary N) is 1. The molecule has 0 rings (SSSR count). The Labute approximate surface area is 43.3 Å². The number of amides is 1. The molecule has 0 aliphatic rings. The van der Waals surface area contributed by atoms with E-state index in [1.54, 1.807) is 7.05 Å². The summed E-state index contributed by atoms with van der Waals surface area (Å²) in [4.78, 5) is 9.70. The summed E-state index contributed by atoms with van der Waals surface area (Å²) in [6, 6.07) is 0. The molecule has 1 amide bonds. The lowest BCUT2D eigenvalue weighted by Gasteiger charge is -1.80.